The third-order valence-electron chi connectivity index (χ3n) is 5.97. The third-order valence-corrected chi connectivity index (χ3v) is 7.09. The SMILES string of the molecule is CCOc1cc2n(nc1OCC)c(N)n[n+]2CC(=O)c1cc(N2CCOCC2)cc(S(F)(F)(F)(F)F)c1.O=C(O)C(F)(F)F.O=C([O-])C(F)(F)F. The summed E-state index contributed by atoms with van der Waals surface area (Å²) in [7, 11) is -10.1. The van der Waals surface area contributed by atoms with Gasteiger partial charge in [-0.1, -0.05) is 23.9 Å². The number of nitrogens with zero attached hydrogens (tertiary/aromatic N) is 5. The smallest absolute Gasteiger partial charge is 0.490 e. The fourth-order valence-corrected chi connectivity index (χ4v) is 4.50. The lowest BCUT2D eigenvalue weighted by atomic mass is 10.1. The molecule has 1 saturated heterocycles. The van der Waals surface area contributed by atoms with E-state index in [-0.39, 0.29) is 74.5 Å². The molecule has 0 bridgehead atoms. The van der Waals surface area contributed by atoms with Crippen LogP contribution in [0, 0.1) is 0 Å². The van der Waals surface area contributed by atoms with E-state index in [1.807, 2.05) is 0 Å². The number of anilines is 2. The van der Waals surface area contributed by atoms with E-state index in [0.29, 0.717) is 6.07 Å². The van der Waals surface area contributed by atoms with Crippen LogP contribution in [-0.4, -0.2) is 89.4 Å². The highest BCUT2D eigenvalue weighted by Gasteiger charge is 2.65. The van der Waals surface area contributed by atoms with E-state index in [1.165, 1.54) is 15.5 Å². The van der Waals surface area contributed by atoms with Crippen LogP contribution in [-0.2, 0) is 20.9 Å². The summed E-state index contributed by atoms with van der Waals surface area (Å²) in [6.45, 7) is 4.20. The van der Waals surface area contributed by atoms with Crippen LogP contribution in [0.4, 0.5) is 57.4 Å². The van der Waals surface area contributed by atoms with Crippen LogP contribution in [0.5, 0.6) is 11.6 Å². The maximum atomic E-state index is 13.8. The van der Waals surface area contributed by atoms with Crippen LogP contribution < -0.4 is 29.9 Å². The van der Waals surface area contributed by atoms with Gasteiger partial charge in [-0.05, 0) is 42.2 Å². The van der Waals surface area contributed by atoms with E-state index in [2.05, 4.69) is 10.2 Å². The summed E-state index contributed by atoms with van der Waals surface area (Å²) in [5.74, 6) is -6.44. The van der Waals surface area contributed by atoms with Gasteiger partial charge in [0.25, 0.3) is 5.88 Å². The number of ketones is 1. The van der Waals surface area contributed by atoms with Gasteiger partial charge < -0.3 is 39.9 Å². The number of fused-ring (bicyclic) bond motifs is 1. The number of nitrogens with two attached hydrogens (primary N) is 1. The van der Waals surface area contributed by atoms with Crippen LogP contribution in [0.15, 0.2) is 29.2 Å². The first-order valence-corrected chi connectivity index (χ1v) is 15.7. The van der Waals surface area contributed by atoms with Crippen molar-refractivity contribution in [1.82, 2.24) is 14.7 Å². The van der Waals surface area contributed by atoms with Crippen molar-refractivity contribution >= 4 is 45.2 Å². The molecule has 0 spiro atoms. The van der Waals surface area contributed by atoms with Crippen LogP contribution >= 0.6 is 10.2 Å². The Bertz CT molecular complexity index is 1720. The minimum Gasteiger partial charge on any atom is -0.542 e. The first kappa shape index (κ1) is 42.3. The first-order chi connectivity index (χ1) is 23.1. The highest BCUT2D eigenvalue weighted by Crippen LogP contribution is 3.02. The molecule has 0 amide bonds. The normalized spacial score (nSPS) is 15.0. The number of alkyl halides is 6. The largest absolute Gasteiger partial charge is 0.542 e. The predicted octanol–water partition coefficient (Wildman–Crippen LogP) is 3.71. The number of carboxylic acids is 2. The Hall–Kier alpha value is -4.88. The molecule has 3 aromatic rings. The number of nitrogen functional groups attached to an aromatic ring is 1. The lowest BCUT2D eigenvalue weighted by molar-refractivity contribution is -0.714. The topological polar surface area (TPSA) is 186 Å². The Labute approximate surface area is 278 Å². The van der Waals surface area contributed by atoms with Crippen molar-refractivity contribution in [3.8, 4) is 11.6 Å². The van der Waals surface area contributed by atoms with Gasteiger partial charge in [0.05, 0.1) is 32.5 Å². The molecule has 1 aliphatic heterocycles. The number of carbonyl (C=O) groups excluding carboxylic acids is 2. The molecule has 51 heavy (non-hydrogen) atoms. The van der Waals surface area contributed by atoms with Gasteiger partial charge in [-0.3, -0.25) is 4.79 Å². The maximum absolute atomic E-state index is 13.8. The number of ether oxygens (including phenoxy) is 3. The molecule has 2 aromatic heterocycles. The van der Waals surface area contributed by atoms with Gasteiger partial charge in [-0.2, -0.15) is 26.3 Å². The lowest BCUT2D eigenvalue weighted by Gasteiger charge is -2.41. The molecule has 1 fully saturated rings. The van der Waals surface area contributed by atoms with Crippen molar-refractivity contribution < 1.29 is 89.3 Å². The van der Waals surface area contributed by atoms with E-state index in [9.17, 15) is 50.6 Å². The Kier molecular flexibility index (Phi) is 12.2. The zero-order valence-corrected chi connectivity index (χ0v) is 26.8. The number of hydrogen-bond acceptors (Lipinski definition) is 11. The van der Waals surface area contributed by atoms with Crippen LogP contribution in [0.1, 0.15) is 24.2 Å². The second kappa shape index (κ2) is 14.8. The second-order valence-corrected chi connectivity index (χ2v) is 12.2. The number of halogens is 11. The number of rotatable bonds is 9. The van der Waals surface area contributed by atoms with E-state index < -0.39 is 57.3 Å². The quantitative estimate of drug-likeness (QED) is 0.183. The molecule has 1 aliphatic rings. The molecular formula is C25H27F11N6O8S. The van der Waals surface area contributed by atoms with Crippen LogP contribution in [0.25, 0.3) is 5.65 Å². The van der Waals surface area contributed by atoms with Gasteiger partial charge in [-0.25, -0.2) is 4.79 Å². The Morgan fingerprint density at radius 2 is 1.49 bits per heavy atom. The lowest BCUT2D eigenvalue weighted by Crippen LogP contribution is -2.41. The van der Waals surface area contributed by atoms with Crippen molar-refractivity contribution in [1.29, 1.82) is 0 Å². The number of hydrogen-bond donors (Lipinski definition) is 2. The Morgan fingerprint density at radius 3 is 1.94 bits per heavy atom. The van der Waals surface area contributed by atoms with Gasteiger partial charge in [0.2, 0.25) is 5.78 Å². The summed E-state index contributed by atoms with van der Waals surface area (Å²) < 4.78 is 151. The maximum Gasteiger partial charge on any atom is 0.490 e. The van der Waals surface area contributed by atoms with Crippen molar-refractivity contribution in [3.63, 3.8) is 0 Å². The van der Waals surface area contributed by atoms with E-state index in [4.69, 9.17) is 39.7 Å². The van der Waals surface area contributed by atoms with E-state index in [0.717, 1.165) is 10.7 Å². The number of morpholine rings is 1. The molecule has 4 rings (SSSR count). The molecule has 3 heterocycles. The average molecular weight is 781 g/mol. The van der Waals surface area contributed by atoms with Crippen LogP contribution in [0.3, 0.4) is 0 Å². The molecule has 0 atom stereocenters. The minimum absolute atomic E-state index is 0.123. The number of carbonyl (C=O) groups is 3. The van der Waals surface area contributed by atoms with Gasteiger partial charge in [-0.15, -0.1) is 4.68 Å². The number of aliphatic carboxylic acids is 2. The number of benzene rings is 1. The monoisotopic (exact) mass is 780 g/mol. The molecule has 0 saturated carbocycles. The average Bonchev–Trinajstić information content (AvgIpc) is 3.29. The molecule has 3 N–H and O–H groups in total. The predicted molar refractivity (Wildman–Crippen MR) is 150 cm³/mol. The Morgan fingerprint density at radius 1 is 0.961 bits per heavy atom. The third kappa shape index (κ3) is 12.1. The van der Waals surface area contributed by atoms with Crippen LogP contribution in [0.2, 0.25) is 0 Å². The van der Waals surface area contributed by atoms with Gasteiger partial charge in [0, 0.05) is 24.3 Å². The van der Waals surface area contributed by atoms with E-state index in [1.54, 1.807) is 13.8 Å². The zero-order chi connectivity index (χ0) is 39.2. The highest BCUT2D eigenvalue weighted by atomic mass is 32.5. The van der Waals surface area contributed by atoms with Crippen molar-refractivity contribution in [2.75, 3.05) is 50.2 Å². The summed E-state index contributed by atoms with van der Waals surface area (Å²) in [6.07, 6.45) is -10.3. The minimum atomic E-state index is -10.1. The number of Topliss-reactive ketones (excluding diaryl/α,β-unsaturated/α-hetero) is 1. The fraction of sp³-hybridized carbons (Fsp3) is 0.440. The van der Waals surface area contributed by atoms with Gasteiger partial charge in [0.1, 0.15) is 10.9 Å². The van der Waals surface area contributed by atoms with E-state index >= 15 is 0 Å². The molecule has 0 aliphatic carbocycles. The molecule has 1 aromatic carbocycles. The fourth-order valence-electron chi connectivity index (χ4n) is 3.81. The number of aromatic nitrogens is 4. The second-order valence-electron chi connectivity index (χ2n) is 9.76. The summed E-state index contributed by atoms with van der Waals surface area (Å²) >= 11 is 0. The van der Waals surface area contributed by atoms with Gasteiger partial charge in [0.15, 0.2) is 12.3 Å². The summed E-state index contributed by atoms with van der Waals surface area (Å²) in [5.41, 5.74) is 5.39. The summed E-state index contributed by atoms with van der Waals surface area (Å²) in [6, 6.07) is 3.16. The van der Waals surface area contributed by atoms with Crippen molar-refractivity contribution in [3.05, 3.63) is 29.8 Å². The molecule has 14 nitrogen and oxygen atoms in total. The summed E-state index contributed by atoms with van der Waals surface area (Å²) in [5, 5.41) is 24.2. The first-order valence-electron chi connectivity index (χ1n) is 13.8. The molecule has 288 valence electrons. The zero-order valence-electron chi connectivity index (χ0n) is 25.9. The van der Waals surface area contributed by atoms with Crippen molar-refractivity contribution in [2.45, 2.75) is 37.6 Å². The highest BCUT2D eigenvalue weighted by molar-refractivity contribution is 8.45. The molecule has 0 radical (unpaired) electrons. The summed E-state index contributed by atoms with van der Waals surface area (Å²) in [4.78, 5) is 30.1. The van der Waals surface area contributed by atoms with Crippen molar-refractivity contribution in [2.24, 2.45) is 0 Å². The Balaban J connectivity index is 0.000000543. The number of carboxylic acid groups (broad SMARTS) is 2. The standard InChI is InChI=1S/C21H26F5N6O4S.2C2HF3O2/c1-3-35-18-12-19-31(29-21(27)32(19)28-20(18)36-4-2)13-17(33)14-9-15(30-5-7-34-8-6-30)11-16(10-14)37(22,23,24,25)26;2*3-2(4,5)1(6)7/h9-12H,3-8,13H2,1-2H3,(H2,27,29);2*(H,6,7)/q+1;;/p-1. The molecular weight excluding hydrogens is 753 g/mol. The molecule has 26 heteroatoms. The molecule has 0 unspecified atom stereocenters. The van der Waals surface area contributed by atoms with Gasteiger partial charge >= 0.3 is 40.1 Å².